The smallest absolute Gasteiger partial charge is 0.182 e. The maximum atomic E-state index is 8.60. The molecule has 5 nitrogen and oxygen atoms in total. The fraction of sp³-hybridized carbons (Fsp3) is 0.267. The van der Waals surface area contributed by atoms with Crippen LogP contribution in [0.5, 0.6) is 0 Å². The van der Waals surface area contributed by atoms with Gasteiger partial charge in [0.1, 0.15) is 18.0 Å². The normalized spacial score (nSPS) is 10.2. The zero-order chi connectivity index (χ0) is 14.5. The summed E-state index contributed by atoms with van der Waals surface area (Å²) in [5.41, 5.74) is 3.42. The molecule has 0 saturated carbocycles. The number of aromatic nitrogens is 2. The molecule has 0 aliphatic heterocycles. The van der Waals surface area contributed by atoms with Gasteiger partial charge in [-0.2, -0.15) is 5.26 Å². The molecule has 0 spiro atoms. The van der Waals surface area contributed by atoms with Gasteiger partial charge in [0, 0.05) is 11.8 Å². The van der Waals surface area contributed by atoms with Gasteiger partial charge in [0.2, 0.25) is 0 Å². The summed E-state index contributed by atoms with van der Waals surface area (Å²) in [7, 11) is 0. The number of hydrogen-bond acceptors (Lipinski definition) is 5. The Morgan fingerprint density at radius 1 is 1.15 bits per heavy atom. The number of nitriles is 1. The standard InChI is InChI=1S/C15H17N5/c1-10(2)12-5-4-11(3)13(6-12)20-15-7-14(17-8-16)18-9-19-15/h4-7,9-10H,1-3H3,(H2,17,18,19,20). The van der Waals surface area contributed by atoms with E-state index >= 15 is 0 Å². The number of anilines is 3. The van der Waals surface area contributed by atoms with Gasteiger partial charge in [-0.3, -0.25) is 5.32 Å². The van der Waals surface area contributed by atoms with Gasteiger partial charge in [-0.05, 0) is 30.0 Å². The lowest BCUT2D eigenvalue weighted by molar-refractivity contribution is 0.866. The van der Waals surface area contributed by atoms with Crippen molar-refractivity contribution in [3.63, 3.8) is 0 Å². The highest BCUT2D eigenvalue weighted by molar-refractivity contribution is 5.63. The minimum absolute atomic E-state index is 0.470. The highest BCUT2D eigenvalue weighted by atomic mass is 15.1. The third-order valence-corrected chi connectivity index (χ3v) is 3.04. The lowest BCUT2D eigenvalue weighted by Gasteiger charge is -2.13. The van der Waals surface area contributed by atoms with Crippen LogP contribution in [0.15, 0.2) is 30.6 Å². The van der Waals surface area contributed by atoms with Gasteiger partial charge in [0.05, 0.1) is 0 Å². The maximum absolute atomic E-state index is 8.60. The SMILES string of the molecule is Cc1ccc(C(C)C)cc1Nc1cc(NC#N)ncn1. The molecule has 5 heteroatoms. The summed E-state index contributed by atoms with van der Waals surface area (Å²) in [6, 6.07) is 8.05. The fourth-order valence-electron chi connectivity index (χ4n) is 1.82. The summed E-state index contributed by atoms with van der Waals surface area (Å²) in [4.78, 5) is 8.12. The number of hydrogen-bond donors (Lipinski definition) is 2. The molecule has 0 radical (unpaired) electrons. The Balaban J connectivity index is 2.27. The van der Waals surface area contributed by atoms with Gasteiger partial charge in [-0.25, -0.2) is 9.97 Å². The van der Waals surface area contributed by atoms with Crippen molar-refractivity contribution in [2.75, 3.05) is 10.6 Å². The highest BCUT2D eigenvalue weighted by Gasteiger charge is 2.05. The Hall–Kier alpha value is -2.61. The number of nitrogens with zero attached hydrogens (tertiary/aromatic N) is 3. The van der Waals surface area contributed by atoms with Crippen LogP contribution >= 0.6 is 0 Å². The number of benzene rings is 1. The van der Waals surface area contributed by atoms with Gasteiger partial charge in [0.15, 0.2) is 6.19 Å². The van der Waals surface area contributed by atoms with Gasteiger partial charge < -0.3 is 5.32 Å². The lowest BCUT2D eigenvalue weighted by atomic mass is 10.0. The summed E-state index contributed by atoms with van der Waals surface area (Å²) in [6.45, 7) is 6.37. The van der Waals surface area contributed by atoms with Crippen LogP contribution in [0.2, 0.25) is 0 Å². The molecule has 2 aromatic rings. The summed E-state index contributed by atoms with van der Waals surface area (Å²) < 4.78 is 0. The minimum atomic E-state index is 0.470. The van der Waals surface area contributed by atoms with Crippen molar-refractivity contribution in [2.24, 2.45) is 0 Å². The second-order valence-corrected chi connectivity index (χ2v) is 4.88. The molecule has 0 saturated heterocycles. The molecule has 1 heterocycles. The van der Waals surface area contributed by atoms with Crippen LogP contribution < -0.4 is 10.6 Å². The quantitative estimate of drug-likeness (QED) is 0.654. The van der Waals surface area contributed by atoms with Crippen molar-refractivity contribution in [2.45, 2.75) is 26.7 Å². The van der Waals surface area contributed by atoms with Crippen LogP contribution in [-0.2, 0) is 0 Å². The van der Waals surface area contributed by atoms with E-state index in [4.69, 9.17) is 5.26 Å². The van der Waals surface area contributed by atoms with Gasteiger partial charge in [0.25, 0.3) is 0 Å². The molecule has 1 aromatic carbocycles. The number of rotatable bonds is 4. The summed E-state index contributed by atoms with van der Waals surface area (Å²) in [6.07, 6.45) is 3.26. The van der Waals surface area contributed by atoms with E-state index in [1.807, 2.05) is 13.1 Å². The number of aryl methyl sites for hydroxylation is 1. The zero-order valence-corrected chi connectivity index (χ0v) is 11.8. The Morgan fingerprint density at radius 3 is 2.60 bits per heavy atom. The van der Waals surface area contributed by atoms with Crippen LogP contribution in [0.4, 0.5) is 17.3 Å². The molecule has 20 heavy (non-hydrogen) atoms. The molecule has 0 aliphatic carbocycles. The maximum Gasteiger partial charge on any atom is 0.182 e. The number of nitrogens with one attached hydrogen (secondary N) is 2. The van der Waals surface area contributed by atoms with E-state index in [0.29, 0.717) is 17.6 Å². The van der Waals surface area contributed by atoms with E-state index in [2.05, 4.69) is 52.6 Å². The van der Waals surface area contributed by atoms with Gasteiger partial charge in [-0.1, -0.05) is 26.0 Å². The van der Waals surface area contributed by atoms with E-state index in [9.17, 15) is 0 Å². The van der Waals surface area contributed by atoms with Crippen LogP contribution in [0, 0.1) is 18.4 Å². The van der Waals surface area contributed by atoms with Crippen molar-refractivity contribution < 1.29 is 0 Å². The monoisotopic (exact) mass is 267 g/mol. The summed E-state index contributed by atoms with van der Waals surface area (Å²) in [5, 5.41) is 14.4. The van der Waals surface area contributed by atoms with E-state index in [0.717, 1.165) is 11.3 Å². The first-order chi connectivity index (χ1) is 9.60. The molecule has 0 fully saturated rings. The average Bonchev–Trinajstić information content (AvgIpc) is 2.42. The Labute approximate surface area is 118 Å². The van der Waals surface area contributed by atoms with Crippen LogP contribution in [-0.4, -0.2) is 9.97 Å². The molecule has 0 aliphatic rings. The fourth-order valence-corrected chi connectivity index (χ4v) is 1.82. The predicted octanol–water partition coefficient (Wildman–Crippen LogP) is 3.55. The molecule has 102 valence electrons. The molecule has 2 N–H and O–H groups in total. The van der Waals surface area contributed by atoms with Crippen LogP contribution in [0.25, 0.3) is 0 Å². The van der Waals surface area contributed by atoms with Gasteiger partial charge in [-0.15, -0.1) is 0 Å². The van der Waals surface area contributed by atoms with Crippen molar-refractivity contribution in [3.8, 4) is 6.19 Å². The summed E-state index contributed by atoms with van der Waals surface area (Å²) in [5.74, 6) is 1.60. The molecule has 0 unspecified atom stereocenters. The van der Waals surface area contributed by atoms with E-state index in [1.54, 1.807) is 6.07 Å². The zero-order valence-electron chi connectivity index (χ0n) is 11.8. The largest absolute Gasteiger partial charge is 0.340 e. The Kier molecular flexibility index (Phi) is 4.16. The molecule has 1 aromatic heterocycles. The molecule has 0 atom stereocenters. The first kappa shape index (κ1) is 13.8. The lowest BCUT2D eigenvalue weighted by Crippen LogP contribution is -2.00. The molecular weight excluding hydrogens is 250 g/mol. The second kappa shape index (κ2) is 6.02. The van der Waals surface area contributed by atoms with Crippen molar-refractivity contribution >= 4 is 17.3 Å². The first-order valence-corrected chi connectivity index (χ1v) is 6.45. The molecule has 2 rings (SSSR count). The average molecular weight is 267 g/mol. The van der Waals surface area contributed by atoms with Crippen molar-refractivity contribution in [1.29, 1.82) is 5.26 Å². The Bertz CT molecular complexity index is 643. The van der Waals surface area contributed by atoms with Gasteiger partial charge >= 0.3 is 0 Å². The van der Waals surface area contributed by atoms with Crippen molar-refractivity contribution in [1.82, 2.24) is 9.97 Å². The molecular formula is C15H17N5. The topological polar surface area (TPSA) is 73.6 Å². The van der Waals surface area contributed by atoms with Crippen molar-refractivity contribution in [3.05, 3.63) is 41.7 Å². The van der Waals surface area contributed by atoms with Crippen LogP contribution in [0.1, 0.15) is 30.9 Å². The first-order valence-electron chi connectivity index (χ1n) is 6.45. The van der Waals surface area contributed by atoms with E-state index in [1.165, 1.54) is 11.9 Å². The molecule has 0 bridgehead atoms. The summed E-state index contributed by atoms with van der Waals surface area (Å²) >= 11 is 0. The third-order valence-electron chi connectivity index (χ3n) is 3.04. The van der Waals surface area contributed by atoms with E-state index in [-0.39, 0.29) is 0 Å². The van der Waals surface area contributed by atoms with E-state index < -0.39 is 0 Å². The third kappa shape index (κ3) is 3.23. The highest BCUT2D eigenvalue weighted by Crippen LogP contribution is 2.25. The van der Waals surface area contributed by atoms with Crippen LogP contribution in [0.3, 0.4) is 0 Å². The Morgan fingerprint density at radius 2 is 1.90 bits per heavy atom. The molecule has 0 amide bonds. The predicted molar refractivity (Wildman–Crippen MR) is 79.8 cm³/mol. The second-order valence-electron chi connectivity index (χ2n) is 4.88. The minimum Gasteiger partial charge on any atom is -0.340 e.